The summed E-state index contributed by atoms with van der Waals surface area (Å²) in [6, 6.07) is 12.8. The van der Waals surface area contributed by atoms with Crippen molar-refractivity contribution in [3.05, 3.63) is 53.9 Å². The van der Waals surface area contributed by atoms with Crippen LogP contribution in [-0.2, 0) is 6.42 Å². The Morgan fingerprint density at radius 3 is 2.68 bits per heavy atom. The van der Waals surface area contributed by atoms with Crippen molar-refractivity contribution in [1.29, 1.82) is 0 Å². The van der Waals surface area contributed by atoms with Crippen molar-refractivity contribution in [2.24, 2.45) is 0 Å². The molecule has 1 heterocycles. The zero-order valence-corrected chi connectivity index (χ0v) is 11.7. The van der Waals surface area contributed by atoms with E-state index >= 15 is 0 Å². The molecule has 0 aliphatic heterocycles. The molecule has 2 rings (SSSR count). The molecule has 0 radical (unpaired) electrons. The van der Waals surface area contributed by atoms with E-state index < -0.39 is 0 Å². The number of benzene rings is 1. The highest BCUT2D eigenvalue weighted by molar-refractivity contribution is 5.56. The normalized spacial score (nSPS) is 11.9. The lowest BCUT2D eigenvalue weighted by atomic mass is 10.1. The molecule has 3 nitrogen and oxygen atoms in total. The van der Waals surface area contributed by atoms with Crippen LogP contribution in [-0.4, -0.2) is 18.1 Å². The van der Waals surface area contributed by atoms with Gasteiger partial charge >= 0.3 is 0 Å². The summed E-state index contributed by atoms with van der Waals surface area (Å²) >= 11 is 0. The van der Waals surface area contributed by atoms with Crippen LogP contribution >= 0.6 is 0 Å². The topological polar surface area (TPSA) is 34.1 Å². The first kappa shape index (κ1) is 13.4. The molecular formula is C16H20N2O. The van der Waals surface area contributed by atoms with Gasteiger partial charge in [-0.25, -0.2) is 0 Å². The van der Waals surface area contributed by atoms with Crippen LogP contribution in [0, 0.1) is 6.92 Å². The summed E-state index contributed by atoms with van der Waals surface area (Å²) in [6.07, 6.45) is 2.73. The van der Waals surface area contributed by atoms with Crippen LogP contribution in [0.2, 0.25) is 0 Å². The number of nitrogens with zero attached hydrogens (tertiary/aromatic N) is 1. The number of rotatable bonds is 5. The van der Waals surface area contributed by atoms with Crippen molar-refractivity contribution in [1.82, 2.24) is 4.98 Å². The zero-order valence-electron chi connectivity index (χ0n) is 11.7. The predicted octanol–water partition coefficient (Wildman–Crippen LogP) is 3.44. The monoisotopic (exact) mass is 256 g/mol. The van der Waals surface area contributed by atoms with Gasteiger partial charge in [-0.1, -0.05) is 30.3 Å². The molecular weight excluding hydrogens is 236 g/mol. The van der Waals surface area contributed by atoms with Crippen molar-refractivity contribution >= 4 is 5.69 Å². The minimum Gasteiger partial charge on any atom is -0.493 e. The molecule has 3 heteroatoms. The van der Waals surface area contributed by atoms with Crippen LogP contribution in [0.4, 0.5) is 5.69 Å². The smallest absolute Gasteiger partial charge is 0.160 e. The maximum absolute atomic E-state index is 5.33. The van der Waals surface area contributed by atoms with Crippen LogP contribution in [0.5, 0.6) is 5.75 Å². The number of methoxy groups -OCH3 is 1. The van der Waals surface area contributed by atoms with Crippen molar-refractivity contribution in [2.75, 3.05) is 12.4 Å². The van der Waals surface area contributed by atoms with Gasteiger partial charge in [0.2, 0.25) is 0 Å². The molecule has 19 heavy (non-hydrogen) atoms. The Labute approximate surface area is 114 Å². The van der Waals surface area contributed by atoms with Gasteiger partial charge in [-0.15, -0.1) is 0 Å². The largest absolute Gasteiger partial charge is 0.493 e. The van der Waals surface area contributed by atoms with E-state index in [0.29, 0.717) is 6.04 Å². The van der Waals surface area contributed by atoms with E-state index in [1.54, 1.807) is 13.3 Å². The van der Waals surface area contributed by atoms with Gasteiger partial charge in [0.15, 0.2) is 5.75 Å². The van der Waals surface area contributed by atoms with E-state index in [0.717, 1.165) is 23.6 Å². The Morgan fingerprint density at radius 2 is 2.00 bits per heavy atom. The van der Waals surface area contributed by atoms with Crippen LogP contribution < -0.4 is 10.1 Å². The third kappa shape index (κ3) is 3.71. The molecule has 2 aromatic rings. The number of anilines is 1. The lowest BCUT2D eigenvalue weighted by Crippen LogP contribution is -2.18. The highest BCUT2D eigenvalue weighted by atomic mass is 16.5. The Kier molecular flexibility index (Phi) is 4.39. The molecule has 100 valence electrons. The Bertz CT molecular complexity index is 526. The van der Waals surface area contributed by atoms with Gasteiger partial charge in [0, 0.05) is 11.7 Å². The summed E-state index contributed by atoms with van der Waals surface area (Å²) < 4.78 is 5.33. The fourth-order valence-electron chi connectivity index (χ4n) is 2.11. The first-order valence-electron chi connectivity index (χ1n) is 6.50. The number of hydrogen-bond acceptors (Lipinski definition) is 3. The van der Waals surface area contributed by atoms with Gasteiger partial charge in [0.05, 0.1) is 19.0 Å². The molecule has 0 saturated heterocycles. The summed E-state index contributed by atoms with van der Waals surface area (Å²) in [7, 11) is 1.67. The molecule has 0 aliphatic carbocycles. The summed E-state index contributed by atoms with van der Waals surface area (Å²) in [4.78, 5) is 4.24. The molecule has 0 saturated carbocycles. The molecule has 1 aromatic heterocycles. The lowest BCUT2D eigenvalue weighted by Gasteiger charge is -2.17. The van der Waals surface area contributed by atoms with Gasteiger partial charge in [-0.2, -0.15) is 0 Å². The van der Waals surface area contributed by atoms with Crippen molar-refractivity contribution < 1.29 is 4.74 Å². The second-order valence-corrected chi connectivity index (χ2v) is 4.76. The number of aryl methyl sites for hydroxylation is 1. The fourth-order valence-corrected chi connectivity index (χ4v) is 2.11. The Hall–Kier alpha value is -2.03. The van der Waals surface area contributed by atoms with Crippen LogP contribution in [0.1, 0.15) is 18.2 Å². The van der Waals surface area contributed by atoms with Gasteiger partial charge in [0.1, 0.15) is 0 Å². The first-order chi connectivity index (χ1) is 9.19. The number of aromatic nitrogens is 1. The molecule has 0 bridgehead atoms. The summed E-state index contributed by atoms with van der Waals surface area (Å²) in [5.74, 6) is 0.783. The van der Waals surface area contributed by atoms with E-state index in [-0.39, 0.29) is 0 Å². The summed E-state index contributed by atoms with van der Waals surface area (Å²) in [6.45, 7) is 4.15. The van der Waals surface area contributed by atoms with Gasteiger partial charge < -0.3 is 10.1 Å². The van der Waals surface area contributed by atoms with Gasteiger partial charge in [0.25, 0.3) is 0 Å². The standard InChI is InChI=1S/C16H20N2O/c1-12-10-15(16(19-3)11-17-12)18-13(2)9-14-7-5-4-6-8-14/h4-8,10-11,13H,9H2,1-3H3,(H,17,18). The van der Waals surface area contributed by atoms with Gasteiger partial charge in [-0.05, 0) is 31.9 Å². The Morgan fingerprint density at radius 1 is 1.26 bits per heavy atom. The fraction of sp³-hybridized carbons (Fsp3) is 0.312. The molecule has 0 fully saturated rings. The van der Waals surface area contributed by atoms with Gasteiger partial charge in [-0.3, -0.25) is 4.98 Å². The van der Waals surface area contributed by atoms with Crippen LogP contribution in [0.15, 0.2) is 42.6 Å². The van der Waals surface area contributed by atoms with Crippen molar-refractivity contribution in [2.45, 2.75) is 26.3 Å². The highest BCUT2D eigenvalue weighted by Crippen LogP contribution is 2.24. The minimum absolute atomic E-state index is 0.332. The third-order valence-corrected chi connectivity index (χ3v) is 3.01. The number of pyridine rings is 1. The van der Waals surface area contributed by atoms with E-state index in [1.807, 2.05) is 19.1 Å². The first-order valence-corrected chi connectivity index (χ1v) is 6.50. The second kappa shape index (κ2) is 6.23. The second-order valence-electron chi connectivity index (χ2n) is 4.76. The molecule has 0 spiro atoms. The average Bonchev–Trinajstić information content (AvgIpc) is 2.40. The zero-order chi connectivity index (χ0) is 13.7. The van der Waals surface area contributed by atoms with Crippen molar-refractivity contribution in [3.8, 4) is 5.75 Å². The van der Waals surface area contributed by atoms with E-state index in [9.17, 15) is 0 Å². The number of ether oxygens (including phenoxy) is 1. The highest BCUT2D eigenvalue weighted by Gasteiger charge is 2.08. The van der Waals surface area contributed by atoms with Crippen LogP contribution in [0.3, 0.4) is 0 Å². The summed E-state index contributed by atoms with van der Waals surface area (Å²) in [5, 5.41) is 3.49. The molecule has 0 aliphatic rings. The van der Waals surface area contributed by atoms with E-state index in [1.165, 1.54) is 5.56 Å². The molecule has 1 N–H and O–H groups in total. The molecule has 1 aromatic carbocycles. The molecule has 0 amide bonds. The molecule has 1 unspecified atom stereocenters. The maximum Gasteiger partial charge on any atom is 0.160 e. The summed E-state index contributed by atoms with van der Waals surface area (Å²) in [5.41, 5.74) is 3.31. The quantitative estimate of drug-likeness (QED) is 0.889. The van der Waals surface area contributed by atoms with E-state index in [4.69, 9.17) is 4.74 Å². The third-order valence-electron chi connectivity index (χ3n) is 3.01. The predicted molar refractivity (Wildman–Crippen MR) is 78.8 cm³/mol. The Balaban J connectivity index is 2.06. The van der Waals surface area contributed by atoms with Crippen LogP contribution in [0.25, 0.3) is 0 Å². The number of hydrogen-bond donors (Lipinski definition) is 1. The van der Waals surface area contributed by atoms with E-state index in [2.05, 4.69) is 41.5 Å². The minimum atomic E-state index is 0.332. The lowest BCUT2D eigenvalue weighted by molar-refractivity contribution is 0.414. The SMILES string of the molecule is COc1cnc(C)cc1NC(C)Cc1ccccc1. The molecule has 1 atom stereocenters. The maximum atomic E-state index is 5.33. The average molecular weight is 256 g/mol. The number of nitrogens with one attached hydrogen (secondary N) is 1. The van der Waals surface area contributed by atoms with Crippen molar-refractivity contribution in [3.63, 3.8) is 0 Å².